The molecule has 112 valence electrons. The molecule has 0 spiro atoms. The van der Waals surface area contributed by atoms with Gasteiger partial charge < -0.3 is 15.0 Å². The molecule has 1 N–H and O–H groups in total. The van der Waals surface area contributed by atoms with Gasteiger partial charge in [0.25, 0.3) is 0 Å². The average molecular weight is 280 g/mol. The number of aryl methyl sites for hydroxylation is 1. The first-order valence-electron chi connectivity index (χ1n) is 7.08. The van der Waals surface area contributed by atoms with Crippen LogP contribution in [0.4, 0.5) is 10.6 Å². The van der Waals surface area contributed by atoms with Gasteiger partial charge in [-0.15, -0.1) is 0 Å². The van der Waals surface area contributed by atoms with E-state index in [4.69, 9.17) is 4.74 Å². The summed E-state index contributed by atoms with van der Waals surface area (Å²) in [6.07, 6.45) is 3.69. The Morgan fingerprint density at radius 3 is 2.90 bits per heavy atom. The summed E-state index contributed by atoms with van der Waals surface area (Å²) in [6, 6.07) is 2.10. The number of hydrogen-bond donors (Lipinski definition) is 1. The molecule has 1 fully saturated rings. The van der Waals surface area contributed by atoms with Crippen LogP contribution in [0.5, 0.6) is 0 Å². The minimum Gasteiger partial charge on any atom is -0.444 e. The minimum absolute atomic E-state index is 0.173. The molecule has 1 aromatic heterocycles. The number of carbonyl (C=O) groups excluding carboxylic acids is 1. The van der Waals surface area contributed by atoms with E-state index in [1.807, 2.05) is 45.0 Å². The topological polar surface area (TPSA) is 59.4 Å². The van der Waals surface area contributed by atoms with Crippen LogP contribution in [0.3, 0.4) is 0 Å². The van der Waals surface area contributed by atoms with Gasteiger partial charge in [-0.25, -0.2) is 4.79 Å². The van der Waals surface area contributed by atoms with Crippen LogP contribution < -0.4 is 5.32 Å². The summed E-state index contributed by atoms with van der Waals surface area (Å²) in [6.45, 7) is 7.14. The Morgan fingerprint density at radius 2 is 2.30 bits per heavy atom. The molecular weight excluding hydrogens is 256 g/mol. The van der Waals surface area contributed by atoms with Gasteiger partial charge in [-0.3, -0.25) is 4.68 Å². The van der Waals surface area contributed by atoms with Crippen molar-refractivity contribution in [3.8, 4) is 0 Å². The minimum atomic E-state index is -0.446. The fourth-order valence-corrected chi connectivity index (χ4v) is 2.34. The first kappa shape index (κ1) is 14.7. The van der Waals surface area contributed by atoms with E-state index < -0.39 is 5.60 Å². The lowest BCUT2D eigenvalue weighted by Crippen LogP contribution is -2.42. The number of anilines is 1. The predicted molar refractivity (Wildman–Crippen MR) is 77.7 cm³/mol. The molecule has 0 radical (unpaired) electrons. The monoisotopic (exact) mass is 280 g/mol. The van der Waals surface area contributed by atoms with Crippen molar-refractivity contribution in [1.82, 2.24) is 14.7 Å². The highest BCUT2D eigenvalue weighted by atomic mass is 16.6. The van der Waals surface area contributed by atoms with Gasteiger partial charge in [0.15, 0.2) is 0 Å². The lowest BCUT2D eigenvalue weighted by atomic mass is 10.2. The zero-order chi connectivity index (χ0) is 14.8. The van der Waals surface area contributed by atoms with E-state index in [1.165, 1.54) is 0 Å². The fraction of sp³-hybridized carbons (Fsp3) is 0.714. The third kappa shape index (κ3) is 3.88. The maximum atomic E-state index is 12.1. The fourth-order valence-electron chi connectivity index (χ4n) is 2.34. The molecule has 1 atom stereocenters. The molecule has 1 aliphatic heterocycles. The smallest absolute Gasteiger partial charge is 0.410 e. The molecule has 2 rings (SSSR count). The second kappa shape index (κ2) is 5.73. The first-order chi connectivity index (χ1) is 9.35. The highest BCUT2D eigenvalue weighted by Crippen LogP contribution is 2.21. The van der Waals surface area contributed by atoms with E-state index in [9.17, 15) is 4.79 Å². The predicted octanol–water partition coefficient (Wildman–Crippen LogP) is 2.23. The Hall–Kier alpha value is -1.72. The van der Waals surface area contributed by atoms with Crippen molar-refractivity contribution < 1.29 is 9.53 Å². The maximum absolute atomic E-state index is 12.1. The van der Waals surface area contributed by atoms with E-state index in [1.54, 1.807) is 4.68 Å². The maximum Gasteiger partial charge on any atom is 0.410 e. The number of ether oxygens (including phenoxy) is 1. The average Bonchev–Trinajstić information content (AvgIpc) is 2.92. The molecule has 1 aliphatic rings. The molecule has 20 heavy (non-hydrogen) atoms. The van der Waals surface area contributed by atoms with Crippen molar-refractivity contribution in [2.45, 2.75) is 45.3 Å². The standard InChI is InChI=1S/C14H24N4O2/c1-14(2,3)20-13(19)18-8-5-6-11(18)10-15-12-7-9-17(4)16-12/h7,9,11H,5-6,8,10H2,1-4H3,(H,15,16). The van der Waals surface area contributed by atoms with Gasteiger partial charge in [0.05, 0.1) is 6.04 Å². The van der Waals surface area contributed by atoms with E-state index in [2.05, 4.69) is 10.4 Å². The van der Waals surface area contributed by atoms with Crippen LogP contribution >= 0.6 is 0 Å². The molecular formula is C14H24N4O2. The number of carbonyl (C=O) groups is 1. The quantitative estimate of drug-likeness (QED) is 0.922. The van der Waals surface area contributed by atoms with Crippen LogP contribution in [-0.4, -0.2) is 45.5 Å². The van der Waals surface area contributed by atoms with E-state index in [0.29, 0.717) is 6.54 Å². The van der Waals surface area contributed by atoms with Gasteiger partial charge in [0.1, 0.15) is 11.4 Å². The lowest BCUT2D eigenvalue weighted by Gasteiger charge is -2.28. The van der Waals surface area contributed by atoms with Crippen molar-refractivity contribution in [3.63, 3.8) is 0 Å². The van der Waals surface area contributed by atoms with Gasteiger partial charge in [0.2, 0.25) is 0 Å². The highest BCUT2D eigenvalue weighted by Gasteiger charge is 2.31. The second-order valence-corrected chi connectivity index (χ2v) is 6.23. The van der Waals surface area contributed by atoms with Gasteiger partial charge in [-0.1, -0.05) is 0 Å². The SMILES string of the molecule is Cn1ccc(NCC2CCCN2C(=O)OC(C)(C)C)n1. The zero-order valence-electron chi connectivity index (χ0n) is 12.7. The normalized spacial score (nSPS) is 19.2. The molecule has 2 heterocycles. The van der Waals surface area contributed by atoms with Crippen molar-refractivity contribution in [2.75, 3.05) is 18.4 Å². The molecule has 1 unspecified atom stereocenters. The number of nitrogens with zero attached hydrogens (tertiary/aromatic N) is 3. The van der Waals surface area contributed by atoms with Crippen LogP contribution in [0.15, 0.2) is 12.3 Å². The summed E-state index contributed by atoms with van der Waals surface area (Å²) >= 11 is 0. The van der Waals surface area contributed by atoms with Crippen LogP contribution in [0.25, 0.3) is 0 Å². The first-order valence-corrected chi connectivity index (χ1v) is 7.08. The van der Waals surface area contributed by atoms with Gasteiger partial charge in [0, 0.05) is 32.4 Å². The summed E-state index contributed by atoms with van der Waals surface area (Å²) in [5, 5.41) is 7.55. The third-order valence-electron chi connectivity index (χ3n) is 3.24. The summed E-state index contributed by atoms with van der Waals surface area (Å²) in [7, 11) is 1.88. The molecule has 1 aromatic rings. The molecule has 1 amide bonds. The van der Waals surface area contributed by atoms with E-state index in [0.717, 1.165) is 25.2 Å². The molecule has 6 nitrogen and oxygen atoms in total. The number of aromatic nitrogens is 2. The number of likely N-dealkylation sites (tertiary alicyclic amines) is 1. The molecule has 0 aromatic carbocycles. The van der Waals surface area contributed by atoms with Gasteiger partial charge in [-0.05, 0) is 33.6 Å². The van der Waals surface area contributed by atoms with Crippen LogP contribution in [0, 0.1) is 0 Å². The molecule has 0 saturated carbocycles. The second-order valence-electron chi connectivity index (χ2n) is 6.23. The van der Waals surface area contributed by atoms with Crippen molar-refractivity contribution >= 4 is 11.9 Å². The molecule has 1 saturated heterocycles. The third-order valence-corrected chi connectivity index (χ3v) is 3.24. The largest absolute Gasteiger partial charge is 0.444 e. The Morgan fingerprint density at radius 1 is 1.55 bits per heavy atom. The van der Waals surface area contributed by atoms with E-state index in [-0.39, 0.29) is 12.1 Å². The number of amides is 1. The summed E-state index contributed by atoms with van der Waals surface area (Å²) in [5.41, 5.74) is -0.446. The Bertz CT molecular complexity index is 464. The Labute approximate surface area is 120 Å². The number of hydrogen-bond acceptors (Lipinski definition) is 4. The zero-order valence-corrected chi connectivity index (χ0v) is 12.7. The lowest BCUT2D eigenvalue weighted by molar-refractivity contribution is 0.0235. The molecule has 0 aliphatic carbocycles. The van der Waals surface area contributed by atoms with Crippen LogP contribution in [-0.2, 0) is 11.8 Å². The number of rotatable bonds is 3. The summed E-state index contributed by atoms with van der Waals surface area (Å²) in [4.78, 5) is 14.0. The van der Waals surface area contributed by atoms with E-state index >= 15 is 0 Å². The van der Waals surface area contributed by atoms with Crippen LogP contribution in [0.1, 0.15) is 33.6 Å². The number of nitrogens with one attached hydrogen (secondary N) is 1. The van der Waals surface area contributed by atoms with Crippen molar-refractivity contribution in [1.29, 1.82) is 0 Å². The van der Waals surface area contributed by atoms with Crippen LogP contribution in [0.2, 0.25) is 0 Å². The van der Waals surface area contributed by atoms with Gasteiger partial charge in [-0.2, -0.15) is 5.10 Å². The summed E-state index contributed by atoms with van der Waals surface area (Å²) < 4.78 is 7.20. The molecule has 0 bridgehead atoms. The van der Waals surface area contributed by atoms with Gasteiger partial charge >= 0.3 is 6.09 Å². The van der Waals surface area contributed by atoms with Crippen molar-refractivity contribution in [3.05, 3.63) is 12.3 Å². The van der Waals surface area contributed by atoms with Crippen molar-refractivity contribution in [2.24, 2.45) is 7.05 Å². The molecule has 6 heteroatoms. The Kier molecular flexibility index (Phi) is 4.20. The summed E-state index contributed by atoms with van der Waals surface area (Å²) in [5.74, 6) is 0.837. The Balaban J connectivity index is 1.88. The highest BCUT2D eigenvalue weighted by molar-refractivity contribution is 5.69.